The van der Waals surface area contributed by atoms with Crippen LogP contribution >= 0.6 is 0 Å². The van der Waals surface area contributed by atoms with Crippen LogP contribution in [0.4, 0.5) is 0 Å². The van der Waals surface area contributed by atoms with Gasteiger partial charge in [-0.2, -0.15) is 0 Å². The summed E-state index contributed by atoms with van der Waals surface area (Å²) in [5, 5.41) is 0. The van der Waals surface area contributed by atoms with Gasteiger partial charge in [-0.25, -0.2) is 0 Å². The van der Waals surface area contributed by atoms with Crippen LogP contribution in [0, 0.1) is 5.92 Å². The number of benzene rings is 3. The van der Waals surface area contributed by atoms with Crippen LogP contribution in [0.2, 0.25) is 0 Å². The predicted octanol–water partition coefficient (Wildman–Crippen LogP) is 7.19. The molecular formula is C30H37NO. The van der Waals surface area contributed by atoms with Crippen molar-refractivity contribution in [1.29, 1.82) is 0 Å². The maximum absolute atomic E-state index is 13.1. The fourth-order valence-corrected chi connectivity index (χ4v) is 4.14. The Kier molecular flexibility index (Phi) is 7.90. The van der Waals surface area contributed by atoms with Gasteiger partial charge in [0.15, 0.2) is 0 Å². The molecule has 0 saturated carbocycles. The summed E-state index contributed by atoms with van der Waals surface area (Å²) in [7, 11) is 0. The molecule has 3 aromatic carbocycles. The lowest BCUT2D eigenvalue weighted by Gasteiger charge is -2.28. The molecule has 3 rings (SSSR count). The second-order valence-corrected chi connectivity index (χ2v) is 10.0. The van der Waals surface area contributed by atoms with Gasteiger partial charge in [-0.15, -0.1) is 0 Å². The van der Waals surface area contributed by atoms with Gasteiger partial charge in [-0.1, -0.05) is 120 Å². The topological polar surface area (TPSA) is 20.3 Å². The number of nitrogens with zero attached hydrogens (tertiary/aromatic N) is 1. The minimum absolute atomic E-state index is 0.0178. The maximum Gasteiger partial charge on any atom is 0.225 e. The first-order chi connectivity index (χ1) is 15.3. The summed E-state index contributed by atoms with van der Waals surface area (Å²) in [4.78, 5) is 15.1. The van der Waals surface area contributed by atoms with Crippen LogP contribution in [-0.4, -0.2) is 17.4 Å². The predicted molar refractivity (Wildman–Crippen MR) is 135 cm³/mol. The third-order valence-electron chi connectivity index (χ3n) is 6.09. The van der Waals surface area contributed by atoms with Crippen molar-refractivity contribution in [2.24, 2.45) is 5.92 Å². The first-order valence-corrected chi connectivity index (χ1v) is 11.7. The fourth-order valence-electron chi connectivity index (χ4n) is 4.14. The molecule has 3 aromatic rings. The fraction of sp³-hybridized carbons (Fsp3) is 0.367. The van der Waals surface area contributed by atoms with Gasteiger partial charge in [0.05, 0.1) is 0 Å². The standard InChI is InChI=1S/C30H37NO/c1-23(2)29(32)31(22-24-16-18-27(19-17-24)30(3,4)5)21-20-28(25-12-8-6-9-13-25)26-14-10-7-11-15-26/h6-19,23,28H,20-22H2,1-5H3. The van der Waals surface area contributed by atoms with Crippen molar-refractivity contribution >= 4 is 5.91 Å². The lowest BCUT2D eigenvalue weighted by Crippen LogP contribution is -2.35. The highest BCUT2D eigenvalue weighted by atomic mass is 16.2. The molecule has 0 N–H and O–H groups in total. The largest absolute Gasteiger partial charge is 0.338 e. The van der Waals surface area contributed by atoms with E-state index in [1.54, 1.807) is 0 Å². The lowest BCUT2D eigenvalue weighted by atomic mass is 9.86. The van der Waals surface area contributed by atoms with Crippen molar-refractivity contribution < 1.29 is 4.79 Å². The Bertz CT molecular complexity index is 929. The van der Waals surface area contributed by atoms with E-state index < -0.39 is 0 Å². The highest BCUT2D eigenvalue weighted by Crippen LogP contribution is 2.29. The Balaban J connectivity index is 1.80. The van der Waals surface area contributed by atoms with E-state index in [0.29, 0.717) is 6.54 Å². The molecule has 0 bridgehead atoms. The summed E-state index contributed by atoms with van der Waals surface area (Å²) < 4.78 is 0. The summed E-state index contributed by atoms with van der Waals surface area (Å²) in [6.45, 7) is 12.0. The average Bonchev–Trinajstić information content (AvgIpc) is 2.79. The second kappa shape index (κ2) is 10.6. The smallest absolute Gasteiger partial charge is 0.225 e. The molecule has 0 aliphatic carbocycles. The molecule has 2 nitrogen and oxygen atoms in total. The molecule has 0 saturated heterocycles. The van der Waals surface area contributed by atoms with Crippen molar-refractivity contribution in [2.75, 3.05) is 6.54 Å². The summed E-state index contributed by atoms with van der Waals surface area (Å²) in [5.74, 6) is 0.462. The van der Waals surface area contributed by atoms with E-state index in [0.717, 1.165) is 13.0 Å². The molecule has 2 heteroatoms. The van der Waals surface area contributed by atoms with Gasteiger partial charge in [0.25, 0.3) is 0 Å². The third-order valence-corrected chi connectivity index (χ3v) is 6.09. The molecule has 0 radical (unpaired) electrons. The van der Waals surface area contributed by atoms with Crippen LogP contribution in [0.15, 0.2) is 84.9 Å². The Morgan fingerprint density at radius 1 is 0.781 bits per heavy atom. The van der Waals surface area contributed by atoms with Crippen molar-refractivity contribution in [2.45, 2.75) is 58.9 Å². The Labute approximate surface area is 194 Å². The molecule has 168 valence electrons. The molecule has 0 atom stereocenters. The van der Waals surface area contributed by atoms with Gasteiger partial charge >= 0.3 is 0 Å². The summed E-state index contributed by atoms with van der Waals surface area (Å²) >= 11 is 0. The number of hydrogen-bond acceptors (Lipinski definition) is 1. The normalized spacial score (nSPS) is 11.7. The molecule has 0 aliphatic heterocycles. The minimum atomic E-state index is -0.0178. The van der Waals surface area contributed by atoms with Gasteiger partial charge in [0, 0.05) is 24.9 Å². The molecule has 0 fully saturated rings. The molecule has 0 spiro atoms. The minimum Gasteiger partial charge on any atom is -0.338 e. The summed E-state index contributed by atoms with van der Waals surface area (Å²) in [5.41, 5.74) is 5.22. The van der Waals surface area contributed by atoms with Gasteiger partial charge in [0.2, 0.25) is 5.91 Å². The van der Waals surface area contributed by atoms with E-state index >= 15 is 0 Å². The SMILES string of the molecule is CC(C)C(=O)N(CCC(c1ccccc1)c1ccccc1)Cc1ccc(C(C)(C)C)cc1. The van der Waals surface area contributed by atoms with Crippen LogP contribution in [0.1, 0.15) is 69.2 Å². The summed E-state index contributed by atoms with van der Waals surface area (Å²) in [6, 6.07) is 30.0. The quantitative estimate of drug-likeness (QED) is 0.372. The van der Waals surface area contributed by atoms with Crippen LogP contribution < -0.4 is 0 Å². The highest BCUT2D eigenvalue weighted by molar-refractivity contribution is 5.78. The van der Waals surface area contributed by atoms with Gasteiger partial charge in [0.1, 0.15) is 0 Å². The van der Waals surface area contributed by atoms with Crippen molar-refractivity contribution in [1.82, 2.24) is 4.90 Å². The second-order valence-electron chi connectivity index (χ2n) is 10.0. The van der Waals surface area contributed by atoms with Crippen molar-refractivity contribution in [3.8, 4) is 0 Å². The van der Waals surface area contributed by atoms with E-state index in [2.05, 4.69) is 106 Å². The van der Waals surface area contributed by atoms with Gasteiger partial charge in [-0.3, -0.25) is 4.79 Å². The number of amides is 1. The van der Waals surface area contributed by atoms with Crippen LogP contribution in [0.5, 0.6) is 0 Å². The zero-order chi connectivity index (χ0) is 23.1. The van der Waals surface area contributed by atoms with Gasteiger partial charge < -0.3 is 4.90 Å². The number of hydrogen-bond donors (Lipinski definition) is 0. The van der Waals surface area contributed by atoms with Gasteiger partial charge in [-0.05, 0) is 34.1 Å². The first kappa shape index (κ1) is 23.8. The lowest BCUT2D eigenvalue weighted by molar-refractivity contribution is -0.135. The number of rotatable bonds is 8. The van der Waals surface area contributed by atoms with Crippen LogP contribution in [0.3, 0.4) is 0 Å². The number of carbonyl (C=O) groups excluding carboxylic acids is 1. The van der Waals surface area contributed by atoms with Crippen LogP contribution in [-0.2, 0) is 16.8 Å². The van der Waals surface area contributed by atoms with E-state index in [1.807, 2.05) is 18.7 Å². The maximum atomic E-state index is 13.1. The molecular weight excluding hydrogens is 390 g/mol. The zero-order valence-electron chi connectivity index (χ0n) is 20.2. The molecule has 1 amide bonds. The Hall–Kier alpha value is -2.87. The monoisotopic (exact) mass is 427 g/mol. The van der Waals surface area contributed by atoms with Crippen molar-refractivity contribution in [3.63, 3.8) is 0 Å². The van der Waals surface area contributed by atoms with E-state index in [1.165, 1.54) is 22.3 Å². The van der Waals surface area contributed by atoms with E-state index in [4.69, 9.17) is 0 Å². The first-order valence-electron chi connectivity index (χ1n) is 11.7. The number of carbonyl (C=O) groups is 1. The molecule has 0 unspecified atom stereocenters. The Morgan fingerprint density at radius 3 is 1.72 bits per heavy atom. The van der Waals surface area contributed by atoms with Crippen molar-refractivity contribution in [3.05, 3.63) is 107 Å². The Morgan fingerprint density at radius 2 is 1.28 bits per heavy atom. The van der Waals surface area contributed by atoms with Crippen LogP contribution in [0.25, 0.3) is 0 Å². The molecule has 0 aromatic heterocycles. The van der Waals surface area contributed by atoms with E-state index in [-0.39, 0.29) is 23.2 Å². The molecule has 32 heavy (non-hydrogen) atoms. The highest BCUT2D eigenvalue weighted by Gasteiger charge is 2.21. The molecule has 0 aliphatic rings. The molecule has 0 heterocycles. The summed E-state index contributed by atoms with van der Waals surface area (Å²) in [6.07, 6.45) is 0.895. The van der Waals surface area contributed by atoms with E-state index in [9.17, 15) is 4.79 Å². The average molecular weight is 428 g/mol. The zero-order valence-corrected chi connectivity index (χ0v) is 20.2. The third kappa shape index (κ3) is 6.32.